The topological polar surface area (TPSA) is 103 Å². The fraction of sp³-hybridized carbons (Fsp3) is 0.214. The lowest BCUT2D eigenvalue weighted by Gasteiger charge is -2.14. The Kier molecular flexibility index (Phi) is 5.25. The van der Waals surface area contributed by atoms with Gasteiger partial charge in [-0.25, -0.2) is 23.1 Å². The molecule has 1 aliphatic rings. The first-order valence-corrected chi connectivity index (χ1v) is 6.80. The second-order valence-corrected chi connectivity index (χ2v) is 4.88. The summed E-state index contributed by atoms with van der Waals surface area (Å²) in [6.45, 7) is -1.14. The van der Waals surface area contributed by atoms with Crippen LogP contribution in [0.5, 0.6) is 0 Å². The van der Waals surface area contributed by atoms with Crippen LogP contribution in [0.3, 0.4) is 0 Å². The Morgan fingerprint density at radius 2 is 1.56 bits per heavy atom. The lowest BCUT2D eigenvalue weighted by molar-refractivity contribution is -0.137. The molecule has 0 unspecified atom stereocenters. The summed E-state index contributed by atoms with van der Waals surface area (Å²) < 4.78 is 54.3. The minimum absolute atomic E-state index is 0.263. The molecule has 0 spiro atoms. The maximum atomic E-state index is 13.7. The van der Waals surface area contributed by atoms with Gasteiger partial charge < -0.3 is 5.32 Å². The van der Waals surface area contributed by atoms with Gasteiger partial charge in [0.25, 0.3) is 11.8 Å². The molecular formula is C14H10F4N4O3. The molecule has 0 aliphatic carbocycles. The third-order valence-corrected chi connectivity index (χ3v) is 3.37. The van der Waals surface area contributed by atoms with E-state index in [9.17, 15) is 31.9 Å². The van der Waals surface area contributed by atoms with E-state index in [0.29, 0.717) is 0 Å². The second kappa shape index (κ2) is 7.20. The van der Waals surface area contributed by atoms with Crippen LogP contribution in [0.2, 0.25) is 0 Å². The first-order valence-electron chi connectivity index (χ1n) is 6.80. The predicted octanol–water partition coefficient (Wildman–Crippen LogP) is 1.84. The Hall–Kier alpha value is -3.11. The molecule has 7 nitrogen and oxygen atoms in total. The molecule has 0 saturated carbocycles. The van der Waals surface area contributed by atoms with Crippen LogP contribution in [-0.2, 0) is 20.9 Å². The Morgan fingerprint density at radius 3 is 2.04 bits per heavy atom. The van der Waals surface area contributed by atoms with Gasteiger partial charge in [0.05, 0.1) is 0 Å². The summed E-state index contributed by atoms with van der Waals surface area (Å²) in [5.74, 6) is -9.27. The lowest BCUT2D eigenvalue weighted by Crippen LogP contribution is -2.34. The SMILES string of the molecule is N=Nc1c(F)c(F)c(CNC(=O)CCN2C(=O)C=CC2=O)c(F)c1F. The monoisotopic (exact) mass is 358 g/mol. The molecule has 0 radical (unpaired) electrons. The number of imide groups is 1. The molecule has 0 saturated heterocycles. The molecule has 2 rings (SSSR count). The van der Waals surface area contributed by atoms with Gasteiger partial charge in [-0.15, -0.1) is 0 Å². The standard InChI is InChI=1S/C14H10F4N4O3/c15-10-6(11(16)13(18)14(21-19)12(10)17)5-20-7(23)3-4-22-8(24)1-2-9(22)25/h1-2,19H,3-5H2,(H,20,23). The highest BCUT2D eigenvalue weighted by Gasteiger charge is 2.26. The Morgan fingerprint density at radius 1 is 1.04 bits per heavy atom. The zero-order chi connectivity index (χ0) is 18.7. The number of hydrogen-bond donors (Lipinski definition) is 2. The molecule has 1 aromatic rings. The highest BCUT2D eigenvalue weighted by atomic mass is 19.2. The first-order chi connectivity index (χ1) is 11.8. The van der Waals surface area contributed by atoms with Gasteiger partial charge in [0.2, 0.25) is 5.91 Å². The summed E-state index contributed by atoms with van der Waals surface area (Å²) in [4.78, 5) is 35.0. The Bertz CT molecular complexity index is 763. The van der Waals surface area contributed by atoms with Gasteiger partial charge in [0.1, 0.15) is 0 Å². The normalized spacial score (nSPS) is 13.5. The molecule has 0 bridgehead atoms. The fourth-order valence-corrected chi connectivity index (χ4v) is 2.06. The number of amides is 3. The Labute approximate surface area is 137 Å². The third-order valence-electron chi connectivity index (χ3n) is 3.37. The molecule has 132 valence electrons. The van der Waals surface area contributed by atoms with Crippen molar-refractivity contribution < 1.29 is 31.9 Å². The number of benzene rings is 1. The molecule has 3 amide bonds. The van der Waals surface area contributed by atoms with Gasteiger partial charge in [0.15, 0.2) is 29.0 Å². The van der Waals surface area contributed by atoms with Crippen LogP contribution < -0.4 is 5.32 Å². The summed E-state index contributed by atoms with van der Waals surface area (Å²) in [5, 5.41) is 4.40. The Balaban J connectivity index is 2.02. The van der Waals surface area contributed by atoms with E-state index in [-0.39, 0.29) is 13.0 Å². The first kappa shape index (κ1) is 18.2. The van der Waals surface area contributed by atoms with Gasteiger partial charge in [-0.1, -0.05) is 0 Å². The molecule has 1 aliphatic heterocycles. The molecule has 2 N–H and O–H groups in total. The smallest absolute Gasteiger partial charge is 0.253 e. The van der Waals surface area contributed by atoms with Crippen molar-refractivity contribution in [2.45, 2.75) is 13.0 Å². The molecule has 0 aromatic heterocycles. The van der Waals surface area contributed by atoms with Crippen molar-refractivity contribution in [3.05, 3.63) is 41.0 Å². The third kappa shape index (κ3) is 3.54. The number of carbonyl (C=O) groups is 3. The van der Waals surface area contributed by atoms with Crippen LogP contribution >= 0.6 is 0 Å². The van der Waals surface area contributed by atoms with Crippen LogP contribution in [0.15, 0.2) is 17.3 Å². The lowest BCUT2D eigenvalue weighted by atomic mass is 10.1. The maximum Gasteiger partial charge on any atom is 0.253 e. The molecule has 0 fully saturated rings. The van der Waals surface area contributed by atoms with E-state index in [1.807, 2.05) is 5.32 Å². The van der Waals surface area contributed by atoms with Crippen molar-refractivity contribution in [1.29, 1.82) is 5.53 Å². The van der Waals surface area contributed by atoms with Crippen molar-refractivity contribution >= 4 is 23.4 Å². The van der Waals surface area contributed by atoms with Crippen LogP contribution in [0.4, 0.5) is 23.2 Å². The zero-order valence-electron chi connectivity index (χ0n) is 12.4. The number of nitrogens with zero attached hydrogens (tertiary/aromatic N) is 2. The van der Waals surface area contributed by atoms with Crippen molar-refractivity contribution in [2.24, 2.45) is 5.11 Å². The van der Waals surface area contributed by atoms with Crippen LogP contribution in [0, 0.1) is 28.8 Å². The molecule has 11 heteroatoms. The highest BCUT2D eigenvalue weighted by molar-refractivity contribution is 6.13. The van der Waals surface area contributed by atoms with Crippen LogP contribution in [-0.4, -0.2) is 29.2 Å². The van der Waals surface area contributed by atoms with Gasteiger partial charge in [-0.3, -0.25) is 19.3 Å². The largest absolute Gasteiger partial charge is 0.352 e. The summed E-state index contributed by atoms with van der Waals surface area (Å²) >= 11 is 0. The summed E-state index contributed by atoms with van der Waals surface area (Å²) in [5.41, 5.74) is 4.01. The van der Waals surface area contributed by atoms with E-state index < -0.39 is 58.8 Å². The second-order valence-electron chi connectivity index (χ2n) is 4.88. The van der Waals surface area contributed by atoms with Crippen molar-refractivity contribution in [3.63, 3.8) is 0 Å². The van der Waals surface area contributed by atoms with Gasteiger partial charge in [-0.2, -0.15) is 5.11 Å². The molecule has 1 heterocycles. The van der Waals surface area contributed by atoms with Gasteiger partial charge >= 0.3 is 0 Å². The van der Waals surface area contributed by atoms with E-state index in [4.69, 9.17) is 5.53 Å². The van der Waals surface area contributed by atoms with Gasteiger partial charge in [0, 0.05) is 37.2 Å². The number of hydrogen-bond acceptors (Lipinski definition) is 5. The molecule has 25 heavy (non-hydrogen) atoms. The van der Waals surface area contributed by atoms with E-state index >= 15 is 0 Å². The number of nitrogens with one attached hydrogen (secondary N) is 2. The molecule has 0 atom stereocenters. The maximum absolute atomic E-state index is 13.7. The highest BCUT2D eigenvalue weighted by Crippen LogP contribution is 2.30. The summed E-state index contributed by atoms with van der Waals surface area (Å²) in [6, 6.07) is 0. The van der Waals surface area contributed by atoms with E-state index in [0.717, 1.165) is 17.1 Å². The van der Waals surface area contributed by atoms with E-state index in [1.165, 1.54) is 0 Å². The fourth-order valence-electron chi connectivity index (χ4n) is 2.06. The average Bonchev–Trinajstić information content (AvgIpc) is 2.90. The molecular weight excluding hydrogens is 348 g/mol. The average molecular weight is 358 g/mol. The zero-order valence-corrected chi connectivity index (χ0v) is 12.4. The number of halogens is 4. The van der Waals surface area contributed by atoms with Gasteiger partial charge in [-0.05, 0) is 0 Å². The molecule has 1 aromatic carbocycles. The minimum atomic E-state index is -1.85. The van der Waals surface area contributed by atoms with Crippen molar-refractivity contribution in [2.75, 3.05) is 6.54 Å². The summed E-state index contributed by atoms with van der Waals surface area (Å²) in [7, 11) is 0. The van der Waals surface area contributed by atoms with Crippen LogP contribution in [0.1, 0.15) is 12.0 Å². The van der Waals surface area contributed by atoms with Crippen LogP contribution in [0.25, 0.3) is 0 Å². The quantitative estimate of drug-likeness (QED) is 0.351. The van der Waals surface area contributed by atoms with E-state index in [2.05, 4.69) is 5.11 Å². The number of carbonyl (C=O) groups excluding carboxylic acids is 3. The summed E-state index contributed by atoms with van der Waals surface area (Å²) in [6.07, 6.45) is 1.68. The predicted molar refractivity (Wildman–Crippen MR) is 73.4 cm³/mol. The van der Waals surface area contributed by atoms with Crippen molar-refractivity contribution in [1.82, 2.24) is 10.2 Å². The number of rotatable bonds is 6. The van der Waals surface area contributed by atoms with Crippen molar-refractivity contribution in [3.8, 4) is 0 Å². The minimum Gasteiger partial charge on any atom is -0.352 e. The van der Waals surface area contributed by atoms with E-state index in [1.54, 1.807) is 0 Å².